The molecule has 1 saturated heterocycles. The fourth-order valence-corrected chi connectivity index (χ4v) is 3.51. The van der Waals surface area contributed by atoms with Crippen molar-refractivity contribution < 1.29 is 12.8 Å². The number of nitrogens with zero attached hydrogens (tertiary/aromatic N) is 2. The zero-order valence-electron chi connectivity index (χ0n) is 13.8. The van der Waals surface area contributed by atoms with Gasteiger partial charge in [-0.25, -0.2) is 13.1 Å². The second-order valence-corrected chi connectivity index (χ2v) is 7.84. The third kappa shape index (κ3) is 4.37. The van der Waals surface area contributed by atoms with Crippen molar-refractivity contribution in [3.8, 4) is 0 Å². The van der Waals surface area contributed by atoms with Crippen molar-refractivity contribution in [1.29, 1.82) is 0 Å². The lowest BCUT2D eigenvalue weighted by atomic mass is 10.1. The van der Waals surface area contributed by atoms with E-state index in [0.29, 0.717) is 6.54 Å². The number of hydrogen-bond donors (Lipinski definition) is 1. The summed E-state index contributed by atoms with van der Waals surface area (Å²) in [6.07, 6.45) is 2.81. The van der Waals surface area contributed by atoms with Crippen molar-refractivity contribution in [2.24, 2.45) is 0 Å². The molecule has 0 amide bonds. The molecule has 24 heavy (non-hydrogen) atoms. The van der Waals surface area contributed by atoms with Gasteiger partial charge in [-0.15, -0.1) is 0 Å². The Labute approximate surface area is 143 Å². The van der Waals surface area contributed by atoms with Gasteiger partial charge in [-0.05, 0) is 24.3 Å². The molecule has 1 N–H and O–H groups in total. The average molecular weight is 349 g/mol. The van der Waals surface area contributed by atoms with Crippen molar-refractivity contribution in [3.05, 3.63) is 54.5 Å². The number of para-hydroxylation sites is 1. The van der Waals surface area contributed by atoms with Gasteiger partial charge in [0, 0.05) is 38.4 Å². The highest BCUT2D eigenvalue weighted by molar-refractivity contribution is 7.88. The lowest BCUT2D eigenvalue weighted by Crippen LogP contribution is -2.49. The van der Waals surface area contributed by atoms with Gasteiger partial charge in [0.1, 0.15) is 5.76 Å². The number of piperazine rings is 1. The summed E-state index contributed by atoms with van der Waals surface area (Å²) in [6, 6.07) is 14.0. The van der Waals surface area contributed by atoms with E-state index in [0.717, 1.165) is 31.9 Å². The quantitative estimate of drug-likeness (QED) is 0.860. The van der Waals surface area contributed by atoms with E-state index in [4.69, 9.17) is 4.42 Å². The molecule has 1 fully saturated rings. The Morgan fingerprint density at radius 2 is 1.79 bits per heavy atom. The van der Waals surface area contributed by atoms with Crippen molar-refractivity contribution in [1.82, 2.24) is 9.62 Å². The third-order valence-corrected chi connectivity index (χ3v) is 4.98. The molecular formula is C17H23N3O3S. The minimum absolute atomic E-state index is 0.0901. The number of sulfonamides is 1. The first kappa shape index (κ1) is 17.0. The van der Waals surface area contributed by atoms with Crippen molar-refractivity contribution in [2.45, 2.75) is 6.04 Å². The van der Waals surface area contributed by atoms with Crippen LogP contribution in [0.1, 0.15) is 11.8 Å². The van der Waals surface area contributed by atoms with Crippen LogP contribution in [-0.2, 0) is 10.0 Å². The van der Waals surface area contributed by atoms with Gasteiger partial charge in [0.15, 0.2) is 0 Å². The minimum atomic E-state index is -3.23. The molecule has 0 aliphatic carbocycles. The van der Waals surface area contributed by atoms with E-state index in [1.54, 1.807) is 6.26 Å². The summed E-state index contributed by atoms with van der Waals surface area (Å²) in [4.78, 5) is 4.62. The lowest BCUT2D eigenvalue weighted by Gasteiger charge is -2.39. The Hall–Kier alpha value is -1.83. The van der Waals surface area contributed by atoms with Crippen LogP contribution >= 0.6 is 0 Å². The first-order valence-electron chi connectivity index (χ1n) is 8.05. The molecule has 1 aromatic heterocycles. The first-order valence-corrected chi connectivity index (χ1v) is 9.94. The molecule has 7 heteroatoms. The molecule has 0 radical (unpaired) electrons. The zero-order chi connectivity index (χ0) is 17.0. The van der Waals surface area contributed by atoms with E-state index >= 15 is 0 Å². The van der Waals surface area contributed by atoms with Gasteiger partial charge in [0.25, 0.3) is 0 Å². The standard InChI is InChI=1S/C17H23N3O3S/c1-24(21,22)18-14-16(17-8-5-13-23-17)20-11-9-19(10-12-20)15-6-3-2-4-7-15/h2-8,13,16,18H,9-12,14H2,1H3/t16-/m1/s1. The van der Waals surface area contributed by atoms with E-state index < -0.39 is 10.0 Å². The van der Waals surface area contributed by atoms with Gasteiger partial charge in [0.2, 0.25) is 10.0 Å². The SMILES string of the molecule is CS(=O)(=O)NC[C@H](c1ccco1)N1CCN(c2ccccc2)CC1. The first-order chi connectivity index (χ1) is 11.5. The number of anilines is 1. The Bertz CT molecular complexity index is 724. The van der Waals surface area contributed by atoms with Gasteiger partial charge in [0.05, 0.1) is 18.6 Å². The Kier molecular flexibility index (Phi) is 5.23. The normalized spacial score (nSPS) is 17.8. The van der Waals surface area contributed by atoms with Gasteiger partial charge >= 0.3 is 0 Å². The van der Waals surface area contributed by atoms with Crippen molar-refractivity contribution in [3.63, 3.8) is 0 Å². The molecule has 6 nitrogen and oxygen atoms in total. The van der Waals surface area contributed by atoms with Crippen LogP contribution in [0.3, 0.4) is 0 Å². The van der Waals surface area contributed by atoms with Gasteiger partial charge in [-0.2, -0.15) is 0 Å². The van der Waals surface area contributed by atoms with Crippen LogP contribution in [0.5, 0.6) is 0 Å². The minimum Gasteiger partial charge on any atom is -0.468 e. The maximum absolute atomic E-state index is 11.5. The van der Waals surface area contributed by atoms with Crippen LogP contribution in [0.25, 0.3) is 0 Å². The largest absolute Gasteiger partial charge is 0.468 e. The maximum atomic E-state index is 11.5. The highest BCUT2D eigenvalue weighted by atomic mass is 32.2. The van der Waals surface area contributed by atoms with Crippen molar-refractivity contribution in [2.75, 3.05) is 43.9 Å². The average Bonchev–Trinajstić information content (AvgIpc) is 3.10. The molecule has 1 atom stereocenters. The number of furan rings is 1. The van der Waals surface area contributed by atoms with E-state index in [1.165, 1.54) is 11.9 Å². The molecule has 0 bridgehead atoms. The van der Waals surface area contributed by atoms with E-state index in [1.807, 2.05) is 30.3 Å². The maximum Gasteiger partial charge on any atom is 0.208 e. The smallest absolute Gasteiger partial charge is 0.208 e. The number of nitrogens with one attached hydrogen (secondary N) is 1. The fraction of sp³-hybridized carbons (Fsp3) is 0.412. The Balaban J connectivity index is 1.66. The van der Waals surface area contributed by atoms with E-state index in [9.17, 15) is 8.42 Å². The number of rotatable bonds is 6. The van der Waals surface area contributed by atoms with Gasteiger partial charge in [-0.1, -0.05) is 18.2 Å². The Morgan fingerprint density at radius 1 is 1.08 bits per heavy atom. The van der Waals surface area contributed by atoms with E-state index in [-0.39, 0.29) is 6.04 Å². The molecular weight excluding hydrogens is 326 g/mol. The topological polar surface area (TPSA) is 65.8 Å². The highest BCUT2D eigenvalue weighted by Gasteiger charge is 2.27. The summed E-state index contributed by atoms with van der Waals surface area (Å²) in [6.45, 7) is 3.83. The molecule has 0 unspecified atom stereocenters. The van der Waals surface area contributed by atoms with Gasteiger partial charge in [-0.3, -0.25) is 4.90 Å². The molecule has 3 rings (SSSR count). The Morgan fingerprint density at radius 3 is 2.38 bits per heavy atom. The van der Waals surface area contributed by atoms with Crippen LogP contribution in [0, 0.1) is 0 Å². The van der Waals surface area contributed by atoms with Crippen LogP contribution < -0.4 is 9.62 Å². The van der Waals surface area contributed by atoms with Crippen LogP contribution in [0.2, 0.25) is 0 Å². The molecule has 130 valence electrons. The second-order valence-electron chi connectivity index (χ2n) is 6.01. The monoisotopic (exact) mass is 349 g/mol. The fourth-order valence-electron chi connectivity index (χ4n) is 3.05. The van der Waals surface area contributed by atoms with Crippen LogP contribution in [0.4, 0.5) is 5.69 Å². The number of benzene rings is 1. The summed E-state index contributed by atoms with van der Waals surface area (Å²) >= 11 is 0. The number of hydrogen-bond acceptors (Lipinski definition) is 5. The van der Waals surface area contributed by atoms with E-state index in [2.05, 4.69) is 26.7 Å². The summed E-state index contributed by atoms with van der Waals surface area (Å²) in [5, 5.41) is 0. The predicted molar refractivity (Wildman–Crippen MR) is 94.5 cm³/mol. The molecule has 1 aliphatic heterocycles. The molecule has 0 saturated carbocycles. The third-order valence-electron chi connectivity index (χ3n) is 4.29. The van der Waals surface area contributed by atoms with Gasteiger partial charge < -0.3 is 9.32 Å². The molecule has 2 heterocycles. The van der Waals surface area contributed by atoms with Crippen LogP contribution in [0.15, 0.2) is 53.1 Å². The molecule has 2 aromatic rings. The second kappa shape index (κ2) is 7.38. The zero-order valence-corrected chi connectivity index (χ0v) is 14.6. The van der Waals surface area contributed by atoms with Crippen molar-refractivity contribution >= 4 is 15.7 Å². The predicted octanol–water partition coefficient (Wildman–Crippen LogP) is 1.69. The molecule has 1 aromatic carbocycles. The van der Waals surface area contributed by atoms with Crippen LogP contribution in [-0.4, -0.2) is 52.3 Å². The molecule has 0 spiro atoms. The summed E-state index contributed by atoms with van der Waals surface area (Å²) in [7, 11) is -3.23. The lowest BCUT2D eigenvalue weighted by molar-refractivity contribution is 0.166. The summed E-state index contributed by atoms with van der Waals surface area (Å²) < 4.78 is 31.1. The molecule has 1 aliphatic rings. The summed E-state index contributed by atoms with van der Waals surface area (Å²) in [5.41, 5.74) is 1.22. The summed E-state index contributed by atoms with van der Waals surface area (Å²) in [5.74, 6) is 0.791. The highest BCUT2D eigenvalue weighted by Crippen LogP contribution is 2.24.